The van der Waals surface area contributed by atoms with Gasteiger partial charge in [0, 0.05) is 35.0 Å². The van der Waals surface area contributed by atoms with Crippen molar-refractivity contribution >= 4 is 30.9 Å². The number of anilines is 1. The van der Waals surface area contributed by atoms with Crippen molar-refractivity contribution in [3.8, 4) is 5.75 Å². The molecule has 1 saturated heterocycles. The fraction of sp³-hybridized carbons (Fsp3) is 0.467. The lowest BCUT2D eigenvalue weighted by atomic mass is 9.99. The first-order chi connectivity index (χ1) is 19.5. The van der Waals surface area contributed by atoms with Crippen LogP contribution in [0.5, 0.6) is 5.75 Å². The molecule has 2 aliphatic heterocycles. The average Bonchev–Trinajstić information content (AvgIpc) is 3.28. The normalized spacial score (nSPS) is 17.6. The molecule has 3 heterocycles. The highest BCUT2D eigenvalue weighted by molar-refractivity contribution is 6.74. The van der Waals surface area contributed by atoms with Gasteiger partial charge in [-0.3, -0.25) is 4.79 Å². The summed E-state index contributed by atoms with van der Waals surface area (Å²) in [5.41, 5.74) is 6.56. The summed E-state index contributed by atoms with van der Waals surface area (Å²) < 4.78 is 72.5. The van der Waals surface area contributed by atoms with Crippen LogP contribution in [0.15, 0.2) is 36.4 Å². The summed E-state index contributed by atoms with van der Waals surface area (Å²) in [4.78, 5) is 19.8. The predicted molar refractivity (Wildman–Crippen MR) is 153 cm³/mol. The minimum absolute atomic E-state index is 0.0107. The van der Waals surface area contributed by atoms with E-state index >= 15 is 4.39 Å². The number of alkyl halides is 3. The molecule has 5 rings (SSSR count). The van der Waals surface area contributed by atoms with Gasteiger partial charge in [-0.2, -0.15) is 13.2 Å². The summed E-state index contributed by atoms with van der Waals surface area (Å²) in [6, 6.07) is 6.92. The van der Waals surface area contributed by atoms with E-state index in [2.05, 4.69) is 38.8 Å². The third kappa shape index (κ3) is 5.84. The molecule has 7 nitrogen and oxygen atoms in total. The Balaban J connectivity index is 1.48. The number of nitrogen functional groups attached to an aromatic ring is 1. The molecule has 12 heteroatoms. The van der Waals surface area contributed by atoms with Crippen molar-refractivity contribution in [3.63, 3.8) is 0 Å². The topological polar surface area (TPSA) is 86.9 Å². The molecule has 0 aliphatic carbocycles. The summed E-state index contributed by atoms with van der Waals surface area (Å²) in [6.07, 6.45) is -4.53. The highest BCUT2D eigenvalue weighted by Crippen LogP contribution is 2.42. The lowest BCUT2D eigenvalue weighted by Gasteiger charge is -2.36. The molecule has 42 heavy (non-hydrogen) atoms. The van der Waals surface area contributed by atoms with Gasteiger partial charge in [-0.15, -0.1) is 0 Å². The molecule has 2 N–H and O–H groups in total. The monoisotopic (exact) mass is 605 g/mol. The molecule has 1 unspecified atom stereocenters. The standard InChI is InChI=1S/C30H35F4N3O4Si/c1-29(2,3)42(4,5)41-15-19-8-18-9-22(23(31)11-24(18)36-27(19)35)28(38)37(12-17-13-39-14-17)25-16-40-26-10-20(30(32,33)34)6-7-21(25)26/h6-11,17,25H,12-16H2,1-5H3,(H2,35,36). The highest BCUT2D eigenvalue weighted by atomic mass is 28.4. The van der Waals surface area contributed by atoms with Gasteiger partial charge in [0.05, 0.1) is 42.5 Å². The number of benzene rings is 2. The maximum absolute atomic E-state index is 15.5. The third-order valence-corrected chi connectivity index (χ3v) is 13.0. The Morgan fingerprint density at radius 3 is 2.45 bits per heavy atom. The predicted octanol–water partition coefficient (Wildman–Crippen LogP) is 6.72. The van der Waals surface area contributed by atoms with Gasteiger partial charge in [0.25, 0.3) is 5.91 Å². The Labute approximate surface area is 243 Å². The van der Waals surface area contributed by atoms with E-state index in [9.17, 15) is 18.0 Å². The molecule has 3 aromatic rings. The van der Waals surface area contributed by atoms with Crippen molar-refractivity contribution in [2.24, 2.45) is 5.92 Å². The minimum Gasteiger partial charge on any atom is -0.491 e. The quantitative estimate of drug-likeness (QED) is 0.238. The summed E-state index contributed by atoms with van der Waals surface area (Å²) in [7, 11) is -2.09. The van der Waals surface area contributed by atoms with Crippen LogP contribution in [0.4, 0.5) is 23.4 Å². The van der Waals surface area contributed by atoms with E-state index in [0.29, 0.717) is 35.2 Å². The van der Waals surface area contributed by atoms with Gasteiger partial charge in [-0.1, -0.05) is 26.8 Å². The summed E-state index contributed by atoms with van der Waals surface area (Å²) in [5.74, 6) is -1.08. The molecule has 0 saturated carbocycles. The van der Waals surface area contributed by atoms with Crippen LogP contribution in [-0.4, -0.2) is 50.5 Å². The molecule has 1 aromatic heterocycles. The molecule has 1 amide bonds. The maximum Gasteiger partial charge on any atom is 0.416 e. The molecule has 0 radical (unpaired) electrons. The lowest BCUT2D eigenvalue weighted by Crippen LogP contribution is -2.44. The van der Waals surface area contributed by atoms with Crippen LogP contribution < -0.4 is 10.5 Å². The molecule has 0 bridgehead atoms. The summed E-state index contributed by atoms with van der Waals surface area (Å²) in [6.45, 7) is 11.9. The minimum atomic E-state index is -4.53. The van der Waals surface area contributed by atoms with Gasteiger partial charge in [0.15, 0.2) is 8.32 Å². The van der Waals surface area contributed by atoms with Crippen molar-refractivity contribution in [1.29, 1.82) is 0 Å². The number of hydrogen-bond donors (Lipinski definition) is 1. The molecule has 0 spiro atoms. The molecular formula is C30H35F4N3O4Si. The zero-order chi connectivity index (χ0) is 30.6. The van der Waals surface area contributed by atoms with Crippen molar-refractivity contribution in [2.45, 2.75) is 57.7 Å². The van der Waals surface area contributed by atoms with Crippen LogP contribution >= 0.6 is 0 Å². The maximum atomic E-state index is 15.5. The van der Waals surface area contributed by atoms with Gasteiger partial charge >= 0.3 is 6.18 Å². The summed E-state index contributed by atoms with van der Waals surface area (Å²) in [5, 5.41) is 0.508. The second-order valence-electron chi connectivity index (χ2n) is 12.5. The van der Waals surface area contributed by atoms with Crippen molar-refractivity contribution in [2.75, 3.05) is 32.1 Å². The SMILES string of the molecule is CC(C)(C)[Si](C)(C)OCc1cc2cc(C(=O)N(CC3COC3)C3COc4cc(C(F)(F)F)ccc43)c(F)cc2nc1N. The van der Waals surface area contributed by atoms with Gasteiger partial charge in [-0.05, 0) is 42.4 Å². The van der Waals surface area contributed by atoms with Crippen LogP contribution in [0.25, 0.3) is 10.9 Å². The second-order valence-corrected chi connectivity index (χ2v) is 17.4. The van der Waals surface area contributed by atoms with Crippen molar-refractivity contribution in [3.05, 3.63) is 64.5 Å². The number of amides is 1. The Hall–Kier alpha value is -3.22. The zero-order valence-electron chi connectivity index (χ0n) is 24.3. The first-order valence-electron chi connectivity index (χ1n) is 13.8. The molecule has 1 atom stereocenters. The Kier molecular flexibility index (Phi) is 7.78. The van der Waals surface area contributed by atoms with Crippen LogP contribution in [0.1, 0.15) is 53.9 Å². The number of nitrogens with zero attached hydrogens (tertiary/aromatic N) is 2. The Morgan fingerprint density at radius 1 is 1.12 bits per heavy atom. The highest BCUT2D eigenvalue weighted by Gasteiger charge is 2.40. The molecule has 226 valence electrons. The van der Waals surface area contributed by atoms with Crippen LogP contribution in [-0.2, 0) is 21.9 Å². The molecule has 1 fully saturated rings. The number of pyridine rings is 1. The number of halogens is 4. The van der Waals surface area contributed by atoms with Crippen LogP contribution in [0.2, 0.25) is 18.1 Å². The van der Waals surface area contributed by atoms with E-state index in [1.165, 1.54) is 23.1 Å². The largest absolute Gasteiger partial charge is 0.491 e. The number of fused-ring (bicyclic) bond motifs is 2. The van der Waals surface area contributed by atoms with E-state index in [4.69, 9.17) is 19.6 Å². The number of aromatic nitrogens is 1. The van der Waals surface area contributed by atoms with E-state index in [1.807, 2.05) is 0 Å². The van der Waals surface area contributed by atoms with Gasteiger partial charge in [0.1, 0.15) is 24.0 Å². The van der Waals surface area contributed by atoms with E-state index in [1.54, 1.807) is 6.07 Å². The van der Waals surface area contributed by atoms with E-state index in [0.717, 1.165) is 12.1 Å². The first kappa shape index (κ1) is 30.2. The van der Waals surface area contributed by atoms with E-state index in [-0.39, 0.29) is 47.8 Å². The fourth-order valence-electron chi connectivity index (χ4n) is 4.81. The Bertz CT molecular complexity index is 1520. The number of ether oxygens (including phenoxy) is 2. The Morgan fingerprint density at radius 2 is 1.83 bits per heavy atom. The number of rotatable bonds is 7. The molecule has 2 aliphatic rings. The fourth-order valence-corrected chi connectivity index (χ4v) is 5.76. The number of carbonyl (C=O) groups excluding carboxylic acids is 1. The zero-order valence-corrected chi connectivity index (χ0v) is 25.3. The molecule has 2 aromatic carbocycles. The number of hydrogen-bond acceptors (Lipinski definition) is 6. The first-order valence-corrected chi connectivity index (χ1v) is 16.7. The summed E-state index contributed by atoms with van der Waals surface area (Å²) >= 11 is 0. The van der Waals surface area contributed by atoms with Gasteiger partial charge < -0.3 is 24.5 Å². The second kappa shape index (κ2) is 10.8. The smallest absolute Gasteiger partial charge is 0.416 e. The van der Waals surface area contributed by atoms with Crippen LogP contribution in [0.3, 0.4) is 0 Å². The van der Waals surface area contributed by atoms with Crippen LogP contribution in [0, 0.1) is 11.7 Å². The lowest BCUT2D eigenvalue weighted by molar-refractivity contribution is -0.137. The van der Waals surface area contributed by atoms with Crippen molar-refractivity contribution in [1.82, 2.24) is 9.88 Å². The van der Waals surface area contributed by atoms with Gasteiger partial charge in [0.2, 0.25) is 0 Å². The number of nitrogens with two attached hydrogens (primary N) is 1. The molecular weight excluding hydrogens is 570 g/mol. The van der Waals surface area contributed by atoms with Gasteiger partial charge in [-0.25, -0.2) is 9.37 Å². The average molecular weight is 606 g/mol. The van der Waals surface area contributed by atoms with Crippen molar-refractivity contribution < 1.29 is 36.3 Å². The third-order valence-electron chi connectivity index (χ3n) is 8.54. The number of carbonyl (C=O) groups is 1. The van der Waals surface area contributed by atoms with E-state index < -0.39 is 37.8 Å².